The third kappa shape index (κ3) is 6.57. The summed E-state index contributed by atoms with van der Waals surface area (Å²) < 4.78 is 11.0. The maximum absolute atomic E-state index is 11.8. The second-order valence-electron chi connectivity index (χ2n) is 6.48. The molecular weight excluding hydrogens is 256 g/mol. The van der Waals surface area contributed by atoms with Gasteiger partial charge in [0.2, 0.25) is 0 Å². The zero-order chi connectivity index (χ0) is 15.2. The summed E-state index contributed by atoms with van der Waals surface area (Å²) >= 11 is 0. The maximum atomic E-state index is 11.8. The summed E-state index contributed by atoms with van der Waals surface area (Å²) in [7, 11) is 1.77. The standard InChI is InChI=1S/C15H30N2O3/c1-6-13-11-12(7-10-19-13)16-8-9-17(5)14(18)20-15(2,3)4/h12-13,16H,6-11H2,1-5H3. The molecule has 0 bridgehead atoms. The molecule has 1 fully saturated rings. The van der Waals surface area contributed by atoms with Crippen molar-refractivity contribution in [2.75, 3.05) is 26.7 Å². The van der Waals surface area contributed by atoms with E-state index in [1.165, 1.54) is 0 Å². The molecule has 118 valence electrons. The molecule has 2 atom stereocenters. The van der Waals surface area contributed by atoms with E-state index in [1.807, 2.05) is 20.8 Å². The first-order chi connectivity index (χ1) is 9.31. The molecule has 0 aromatic rings. The minimum absolute atomic E-state index is 0.266. The van der Waals surface area contributed by atoms with Crippen LogP contribution in [0, 0.1) is 0 Å². The summed E-state index contributed by atoms with van der Waals surface area (Å²) in [4.78, 5) is 13.4. The number of hydrogen-bond donors (Lipinski definition) is 1. The van der Waals surface area contributed by atoms with Crippen LogP contribution in [0.3, 0.4) is 0 Å². The topological polar surface area (TPSA) is 50.8 Å². The second kappa shape index (κ2) is 7.84. The average Bonchev–Trinajstić information content (AvgIpc) is 2.37. The van der Waals surface area contributed by atoms with E-state index in [1.54, 1.807) is 11.9 Å². The Morgan fingerprint density at radius 3 is 2.75 bits per heavy atom. The van der Waals surface area contributed by atoms with Crippen LogP contribution >= 0.6 is 0 Å². The van der Waals surface area contributed by atoms with E-state index in [2.05, 4.69) is 12.2 Å². The zero-order valence-corrected chi connectivity index (χ0v) is 13.6. The summed E-state index contributed by atoms with van der Waals surface area (Å²) in [5, 5.41) is 3.51. The SMILES string of the molecule is CCC1CC(NCCN(C)C(=O)OC(C)(C)C)CCO1. The number of amides is 1. The van der Waals surface area contributed by atoms with Crippen LogP contribution in [-0.4, -0.2) is 55.5 Å². The first-order valence-corrected chi connectivity index (χ1v) is 7.61. The van der Waals surface area contributed by atoms with Crippen molar-refractivity contribution in [3.05, 3.63) is 0 Å². The summed E-state index contributed by atoms with van der Waals surface area (Å²) in [6, 6.07) is 0.501. The number of nitrogens with zero attached hydrogens (tertiary/aromatic N) is 1. The number of rotatable bonds is 5. The third-order valence-electron chi connectivity index (χ3n) is 3.41. The van der Waals surface area contributed by atoms with Crippen molar-refractivity contribution in [3.8, 4) is 0 Å². The van der Waals surface area contributed by atoms with Crippen molar-refractivity contribution >= 4 is 6.09 Å². The van der Waals surface area contributed by atoms with Gasteiger partial charge in [-0.15, -0.1) is 0 Å². The van der Waals surface area contributed by atoms with Gasteiger partial charge in [0.25, 0.3) is 0 Å². The minimum Gasteiger partial charge on any atom is -0.444 e. The Labute approximate surface area is 123 Å². The van der Waals surface area contributed by atoms with Crippen LogP contribution in [0.4, 0.5) is 4.79 Å². The highest BCUT2D eigenvalue weighted by Crippen LogP contribution is 2.16. The summed E-state index contributed by atoms with van der Waals surface area (Å²) in [5.74, 6) is 0. The molecule has 2 unspecified atom stereocenters. The fourth-order valence-corrected chi connectivity index (χ4v) is 2.22. The van der Waals surface area contributed by atoms with Crippen molar-refractivity contribution in [2.45, 2.75) is 64.7 Å². The lowest BCUT2D eigenvalue weighted by atomic mass is 10.0. The van der Waals surface area contributed by atoms with Gasteiger partial charge in [0, 0.05) is 32.8 Å². The summed E-state index contributed by atoms with van der Waals surface area (Å²) in [6.45, 7) is 10.1. The van der Waals surface area contributed by atoms with Gasteiger partial charge in [-0.3, -0.25) is 0 Å². The van der Waals surface area contributed by atoms with Crippen LogP contribution in [0.5, 0.6) is 0 Å². The molecule has 0 radical (unpaired) electrons. The number of likely N-dealkylation sites (N-methyl/N-ethyl adjacent to an activating group) is 1. The predicted molar refractivity (Wildman–Crippen MR) is 79.9 cm³/mol. The van der Waals surface area contributed by atoms with Crippen LogP contribution in [0.2, 0.25) is 0 Å². The van der Waals surface area contributed by atoms with E-state index < -0.39 is 5.60 Å². The maximum Gasteiger partial charge on any atom is 0.410 e. The third-order valence-corrected chi connectivity index (χ3v) is 3.41. The molecule has 1 rings (SSSR count). The number of carbonyl (C=O) groups is 1. The van der Waals surface area contributed by atoms with E-state index in [4.69, 9.17) is 9.47 Å². The molecule has 1 aliphatic heterocycles. The Balaban J connectivity index is 2.21. The molecule has 1 N–H and O–H groups in total. The molecule has 1 aliphatic rings. The normalized spacial score (nSPS) is 23.4. The monoisotopic (exact) mass is 286 g/mol. The number of carbonyl (C=O) groups excluding carboxylic acids is 1. The molecule has 1 saturated heterocycles. The molecule has 1 heterocycles. The Hall–Kier alpha value is -0.810. The van der Waals surface area contributed by atoms with E-state index in [0.29, 0.717) is 18.7 Å². The molecule has 0 saturated carbocycles. The molecule has 0 aromatic carbocycles. The molecule has 0 spiro atoms. The van der Waals surface area contributed by atoms with Crippen molar-refractivity contribution in [1.82, 2.24) is 10.2 Å². The minimum atomic E-state index is -0.437. The highest BCUT2D eigenvalue weighted by molar-refractivity contribution is 5.67. The number of hydrogen-bond acceptors (Lipinski definition) is 4. The average molecular weight is 286 g/mol. The Kier molecular flexibility index (Phi) is 6.76. The fraction of sp³-hybridized carbons (Fsp3) is 0.933. The lowest BCUT2D eigenvalue weighted by Gasteiger charge is -2.30. The molecule has 5 heteroatoms. The van der Waals surface area contributed by atoms with E-state index >= 15 is 0 Å². The Morgan fingerprint density at radius 2 is 2.15 bits per heavy atom. The smallest absolute Gasteiger partial charge is 0.410 e. The van der Waals surface area contributed by atoms with Gasteiger partial charge >= 0.3 is 6.09 Å². The quantitative estimate of drug-likeness (QED) is 0.843. The Morgan fingerprint density at radius 1 is 1.45 bits per heavy atom. The zero-order valence-electron chi connectivity index (χ0n) is 13.6. The van der Waals surface area contributed by atoms with E-state index in [0.717, 1.165) is 32.4 Å². The summed E-state index contributed by atoms with van der Waals surface area (Å²) in [6.07, 6.45) is 3.29. The summed E-state index contributed by atoms with van der Waals surface area (Å²) in [5.41, 5.74) is -0.437. The van der Waals surface area contributed by atoms with E-state index in [9.17, 15) is 4.79 Å². The van der Waals surface area contributed by atoms with Gasteiger partial charge in [0.05, 0.1) is 6.10 Å². The first kappa shape index (κ1) is 17.2. The van der Waals surface area contributed by atoms with Crippen molar-refractivity contribution in [1.29, 1.82) is 0 Å². The Bertz CT molecular complexity index is 302. The van der Waals surface area contributed by atoms with Gasteiger partial charge in [0.15, 0.2) is 0 Å². The molecule has 5 nitrogen and oxygen atoms in total. The van der Waals surface area contributed by atoms with Gasteiger partial charge in [-0.1, -0.05) is 6.92 Å². The molecule has 0 aliphatic carbocycles. The van der Waals surface area contributed by atoms with Crippen LogP contribution in [0.25, 0.3) is 0 Å². The first-order valence-electron chi connectivity index (χ1n) is 7.61. The fourth-order valence-electron chi connectivity index (χ4n) is 2.22. The molecule has 1 amide bonds. The van der Waals surface area contributed by atoms with Crippen LogP contribution in [0.1, 0.15) is 47.0 Å². The van der Waals surface area contributed by atoms with Crippen molar-refractivity contribution in [2.24, 2.45) is 0 Å². The van der Waals surface area contributed by atoms with Gasteiger partial charge in [-0.05, 0) is 40.0 Å². The highest BCUT2D eigenvalue weighted by Gasteiger charge is 2.22. The van der Waals surface area contributed by atoms with Crippen molar-refractivity contribution in [3.63, 3.8) is 0 Å². The van der Waals surface area contributed by atoms with Crippen LogP contribution in [0.15, 0.2) is 0 Å². The molecular formula is C15H30N2O3. The van der Waals surface area contributed by atoms with Gasteiger partial charge in [-0.25, -0.2) is 4.79 Å². The number of ether oxygens (including phenoxy) is 2. The highest BCUT2D eigenvalue weighted by atomic mass is 16.6. The second-order valence-corrected chi connectivity index (χ2v) is 6.48. The molecule has 20 heavy (non-hydrogen) atoms. The number of nitrogens with one attached hydrogen (secondary N) is 1. The van der Waals surface area contributed by atoms with E-state index in [-0.39, 0.29) is 6.09 Å². The largest absolute Gasteiger partial charge is 0.444 e. The lowest BCUT2D eigenvalue weighted by Crippen LogP contribution is -2.43. The molecule has 0 aromatic heterocycles. The van der Waals surface area contributed by atoms with Gasteiger partial charge in [0.1, 0.15) is 5.60 Å². The van der Waals surface area contributed by atoms with Crippen molar-refractivity contribution < 1.29 is 14.3 Å². The van der Waals surface area contributed by atoms with Crippen LogP contribution in [-0.2, 0) is 9.47 Å². The van der Waals surface area contributed by atoms with Gasteiger partial charge < -0.3 is 19.7 Å². The predicted octanol–water partition coefficient (Wildman–Crippen LogP) is 2.40. The van der Waals surface area contributed by atoms with Crippen LogP contribution < -0.4 is 5.32 Å². The lowest BCUT2D eigenvalue weighted by molar-refractivity contribution is -0.000759. The van der Waals surface area contributed by atoms with Gasteiger partial charge in [-0.2, -0.15) is 0 Å².